The summed E-state index contributed by atoms with van der Waals surface area (Å²) in [4.78, 5) is 1.89. The Morgan fingerprint density at radius 1 is 0.735 bits per heavy atom. The van der Waals surface area contributed by atoms with E-state index in [1.54, 1.807) is 41.9 Å². The Bertz CT molecular complexity index is 1790. The third kappa shape index (κ3) is 14.3. The Morgan fingerprint density at radius 2 is 1.41 bits per heavy atom. The van der Waals surface area contributed by atoms with E-state index in [-0.39, 0.29) is 53.7 Å². The zero-order valence-corrected chi connectivity index (χ0v) is 40.8. The summed E-state index contributed by atoms with van der Waals surface area (Å²) >= 11 is 0. The van der Waals surface area contributed by atoms with E-state index in [1.165, 1.54) is 12.1 Å². The van der Waals surface area contributed by atoms with Crippen LogP contribution in [0, 0.1) is 34.8 Å². The molecule has 0 N–H and O–H groups in total. The molecule has 5 atom stereocenters. The van der Waals surface area contributed by atoms with Gasteiger partial charge in [0.05, 0.1) is 32.5 Å². The molecule has 20 heteroatoms. The van der Waals surface area contributed by atoms with Gasteiger partial charge in [-0.15, -0.1) is 0 Å². The van der Waals surface area contributed by atoms with Gasteiger partial charge in [-0.25, -0.2) is 8.78 Å². The van der Waals surface area contributed by atoms with Crippen molar-refractivity contribution < 1.29 is 76.7 Å². The van der Waals surface area contributed by atoms with E-state index in [9.17, 15) is 39.5 Å². The number of benzene rings is 2. The van der Waals surface area contributed by atoms with Crippen LogP contribution in [0.4, 0.5) is 48.3 Å². The maximum atomic E-state index is 15.3. The molecule has 0 spiro atoms. The highest BCUT2D eigenvalue weighted by Gasteiger charge is 2.85. The molecule has 0 amide bonds. The Hall–Kier alpha value is -2.07. The quantitative estimate of drug-likeness (QED) is 0.0471. The van der Waals surface area contributed by atoms with Crippen molar-refractivity contribution in [1.82, 2.24) is 4.90 Å². The number of ether oxygens (including phenoxy) is 6. The predicted molar refractivity (Wildman–Crippen MR) is 241 cm³/mol. The van der Waals surface area contributed by atoms with E-state index < -0.39 is 48.8 Å². The molecule has 0 aliphatic heterocycles. The summed E-state index contributed by atoms with van der Waals surface area (Å²) in [5.41, 5.74) is -4.44. The number of hydrogen-bond acceptors (Lipinski definition) is 9. The van der Waals surface area contributed by atoms with Crippen LogP contribution in [0.25, 0.3) is 0 Å². The Balaban J connectivity index is 1.01. The second-order valence-electron chi connectivity index (χ2n) is 18.6. The van der Waals surface area contributed by atoms with Gasteiger partial charge in [0.1, 0.15) is 23.1 Å². The largest absolute Gasteiger partial charge is 0.457 e. The van der Waals surface area contributed by atoms with Crippen LogP contribution >= 0.6 is 21.6 Å². The third-order valence-corrected chi connectivity index (χ3v) is 16.3. The predicted octanol–water partition coefficient (Wildman–Crippen LogP) is 13.5. The lowest BCUT2D eigenvalue weighted by Crippen LogP contribution is -2.67. The molecular formula is C48H66F11NO6S2. The fraction of sp³-hybridized carbons (Fsp3) is 0.750. The molecule has 0 radical (unpaired) electrons. The maximum absolute atomic E-state index is 15.3. The first-order chi connectivity index (χ1) is 32.2. The minimum Gasteiger partial charge on any atom is -0.457 e. The summed E-state index contributed by atoms with van der Waals surface area (Å²) in [6.07, 6.45) is -11.7. The van der Waals surface area contributed by atoms with E-state index in [2.05, 4.69) is 11.7 Å². The fourth-order valence-corrected chi connectivity index (χ4v) is 12.5. The molecule has 68 heavy (non-hydrogen) atoms. The van der Waals surface area contributed by atoms with Crippen molar-refractivity contribution >= 4 is 21.6 Å². The van der Waals surface area contributed by atoms with Gasteiger partial charge in [-0.3, -0.25) is 0 Å². The van der Waals surface area contributed by atoms with Gasteiger partial charge < -0.3 is 33.3 Å². The first-order valence-corrected chi connectivity index (χ1v) is 25.9. The number of rotatable bonds is 28. The van der Waals surface area contributed by atoms with Crippen molar-refractivity contribution in [2.45, 2.75) is 127 Å². The van der Waals surface area contributed by atoms with Gasteiger partial charge in [-0.05, 0) is 124 Å². The number of hydrogen-bond donors (Lipinski definition) is 0. The number of aryl methyl sites for hydroxylation is 1. The summed E-state index contributed by atoms with van der Waals surface area (Å²) in [6, 6.07) is 8.08. The number of unbranched alkanes of at least 4 members (excludes halogenated alkanes) is 2. The van der Waals surface area contributed by atoms with Crippen molar-refractivity contribution in [3.05, 3.63) is 58.7 Å². The number of halogens is 11. The van der Waals surface area contributed by atoms with Crippen LogP contribution in [0.15, 0.2) is 30.3 Å². The van der Waals surface area contributed by atoms with E-state index in [4.69, 9.17) is 23.7 Å². The van der Waals surface area contributed by atoms with Crippen molar-refractivity contribution in [3.8, 4) is 11.5 Å². The summed E-state index contributed by atoms with van der Waals surface area (Å²) in [5, 5.41) is 0. The summed E-state index contributed by atoms with van der Waals surface area (Å²) < 4.78 is 182. The fourth-order valence-electron chi connectivity index (χ4n) is 10.6. The minimum atomic E-state index is -6.77. The van der Waals surface area contributed by atoms with Crippen LogP contribution in [0.3, 0.4) is 0 Å². The molecule has 0 aromatic heterocycles. The molecule has 2 saturated carbocycles. The SMILES string of the molecule is COCC(CCCCCOCCSSCCCN(C)Cc1c(F)cc(Oc2ccc3c(c2)CCC2C3CCC3(C)C(OCCCOC(C(F)(F)F)(C(F)(F)F)C(F)(F)F)CCC23)cc1F)COC. The van der Waals surface area contributed by atoms with Crippen LogP contribution in [-0.2, 0) is 36.6 Å². The topological polar surface area (TPSA) is 58.6 Å². The molecule has 2 fully saturated rings. The smallest absolute Gasteiger partial charge is 0.435 e. The zero-order valence-electron chi connectivity index (χ0n) is 39.2. The number of nitrogens with zero attached hydrogens (tertiary/aromatic N) is 1. The lowest BCUT2D eigenvalue weighted by molar-refractivity contribution is -0.457. The lowest BCUT2D eigenvalue weighted by Gasteiger charge is -2.50. The van der Waals surface area contributed by atoms with Gasteiger partial charge in [-0.1, -0.05) is 47.4 Å². The van der Waals surface area contributed by atoms with Crippen molar-refractivity contribution in [2.24, 2.45) is 23.2 Å². The van der Waals surface area contributed by atoms with Gasteiger partial charge in [0.15, 0.2) is 0 Å². The van der Waals surface area contributed by atoms with Crippen molar-refractivity contribution in [2.75, 3.05) is 79.0 Å². The van der Waals surface area contributed by atoms with Gasteiger partial charge in [0, 0.05) is 69.1 Å². The first-order valence-electron chi connectivity index (χ1n) is 23.4. The molecule has 3 aliphatic carbocycles. The average molecular weight is 1030 g/mol. The van der Waals surface area contributed by atoms with Gasteiger partial charge >= 0.3 is 24.1 Å². The molecule has 0 heterocycles. The third-order valence-electron chi connectivity index (χ3n) is 13.9. The van der Waals surface area contributed by atoms with Crippen LogP contribution in [0.2, 0.25) is 0 Å². The second-order valence-corrected chi connectivity index (χ2v) is 21.3. The normalized spacial score (nSPS) is 22.2. The summed E-state index contributed by atoms with van der Waals surface area (Å²) in [5.74, 6) is 2.01. The number of methoxy groups -OCH3 is 2. The van der Waals surface area contributed by atoms with Gasteiger partial charge in [0.2, 0.25) is 0 Å². The molecule has 3 aliphatic rings. The molecule has 0 saturated heterocycles. The van der Waals surface area contributed by atoms with Gasteiger partial charge in [-0.2, -0.15) is 39.5 Å². The Kier molecular flexibility index (Phi) is 21.3. The van der Waals surface area contributed by atoms with Crippen LogP contribution < -0.4 is 4.74 Å². The highest BCUT2D eigenvalue weighted by molar-refractivity contribution is 8.76. The highest BCUT2D eigenvalue weighted by atomic mass is 33.1. The molecule has 5 unspecified atom stereocenters. The van der Waals surface area contributed by atoms with E-state index in [0.717, 1.165) is 93.4 Å². The number of fused-ring (bicyclic) bond motifs is 5. The average Bonchev–Trinajstić information content (AvgIpc) is 3.59. The Labute approximate surface area is 401 Å². The van der Waals surface area contributed by atoms with Crippen molar-refractivity contribution in [1.29, 1.82) is 0 Å². The molecule has 5 rings (SSSR count). The highest BCUT2D eigenvalue weighted by Crippen LogP contribution is 2.62. The van der Waals surface area contributed by atoms with Crippen LogP contribution in [-0.4, -0.2) is 114 Å². The molecular weight excluding hydrogens is 960 g/mol. The standard InChI is InChI=1S/C48H66F11NO6S2/c1-44-18-17-37-36-14-12-34(26-33(36)11-13-38(37)40(44)15-16-43(44)64-21-9-22-65-45(46(51,52)53,47(54,55)56)48(57,58)59)66-35-27-41(49)39(42(50)28-35)29-60(2)19-8-24-67-68-25-23-63-20-7-5-6-10-32(30-61-3)31-62-4/h12,14,26-28,32,37-38,40,43H,5-11,13,15-25,29-31H2,1-4H3. The molecule has 2 aromatic carbocycles. The zero-order chi connectivity index (χ0) is 49.8. The molecule has 0 bridgehead atoms. The molecule has 388 valence electrons. The van der Waals surface area contributed by atoms with E-state index >= 15 is 8.78 Å². The van der Waals surface area contributed by atoms with Crippen LogP contribution in [0.1, 0.15) is 100 Å². The minimum absolute atomic E-state index is 0.0306. The summed E-state index contributed by atoms with van der Waals surface area (Å²) in [7, 11) is 8.78. The van der Waals surface area contributed by atoms with Crippen molar-refractivity contribution in [3.63, 3.8) is 0 Å². The maximum Gasteiger partial charge on any atom is 0.435 e. The number of alkyl halides is 9. The van der Waals surface area contributed by atoms with Crippen LogP contribution in [0.5, 0.6) is 11.5 Å². The lowest BCUT2D eigenvalue weighted by atomic mass is 9.55. The van der Waals surface area contributed by atoms with E-state index in [1.807, 2.05) is 24.1 Å². The summed E-state index contributed by atoms with van der Waals surface area (Å²) in [6.45, 7) is 3.89. The molecule has 2 aromatic rings. The van der Waals surface area contributed by atoms with E-state index in [0.29, 0.717) is 44.5 Å². The van der Waals surface area contributed by atoms with Gasteiger partial charge in [0.25, 0.3) is 0 Å². The second kappa shape index (κ2) is 25.5. The monoisotopic (exact) mass is 1030 g/mol. The Morgan fingerprint density at radius 3 is 2.07 bits per heavy atom. The first kappa shape index (κ1) is 56.8. The molecule has 7 nitrogen and oxygen atoms in total.